The van der Waals surface area contributed by atoms with E-state index in [1.165, 1.54) is 12.1 Å². The molecule has 0 fully saturated rings. The van der Waals surface area contributed by atoms with Gasteiger partial charge >= 0.3 is 0 Å². The van der Waals surface area contributed by atoms with Crippen LogP contribution in [0.4, 0.5) is 0 Å². The summed E-state index contributed by atoms with van der Waals surface area (Å²) in [5.74, 6) is 1.31. The van der Waals surface area contributed by atoms with E-state index < -0.39 is 9.84 Å². The fourth-order valence-corrected chi connectivity index (χ4v) is 3.93. The summed E-state index contributed by atoms with van der Waals surface area (Å²) in [5, 5.41) is 0. The predicted octanol–water partition coefficient (Wildman–Crippen LogP) is 3.09. The molecule has 0 bridgehead atoms. The monoisotopic (exact) mass is 403 g/mol. The van der Waals surface area contributed by atoms with Crippen LogP contribution in [0.25, 0.3) is 0 Å². The number of hydrogen-bond acceptors (Lipinski definition) is 5. The second kappa shape index (κ2) is 8.22. The number of ether oxygens (including phenoxy) is 2. The van der Waals surface area contributed by atoms with E-state index in [1.807, 2.05) is 26.0 Å². The van der Waals surface area contributed by atoms with Gasteiger partial charge < -0.3 is 14.4 Å². The molecule has 0 aliphatic carbocycles. The standard InChI is InChI=1S/C21H25NO5S/c1-4-26-19-12-16-10-11-22(14-17(16)13-20(19)27-5-2)21(23)15-6-8-18(9-7-15)28(3,24)25/h6-9,12-13H,4-5,10-11,14H2,1-3H3. The van der Waals surface area contributed by atoms with Crippen molar-refractivity contribution in [2.45, 2.75) is 31.7 Å². The van der Waals surface area contributed by atoms with E-state index in [0.717, 1.165) is 29.6 Å². The van der Waals surface area contributed by atoms with E-state index >= 15 is 0 Å². The van der Waals surface area contributed by atoms with Gasteiger partial charge in [-0.1, -0.05) is 0 Å². The minimum absolute atomic E-state index is 0.113. The summed E-state index contributed by atoms with van der Waals surface area (Å²) in [6.07, 6.45) is 1.88. The Balaban J connectivity index is 1.82. The molecule has 1 aliphatic heterocycles. The zero-order chi connectivity index (χ0) is 20.3. The molecule has 0 atom stereocenters. The Hall–Kier alpha value is -2.54. The van der Waals surface area contributed by atoms with Gasteiger partial charge in [0.15, 0.2) is 21.3 Å². The minimum atomic E-state index is -3.28. The third-order valence-electron chi connectivity index (χ3n) is 4.69. The Morgan fingerprint density at radius 2 is 1.57 bits per heavy atom. The number of carbonyl (C=O) groups is 1. The van der Waals surface area contributed by atoms with E-state index in [-0.39, 0.29) is 10.8 Å². The molecule has 2 aromatic carbocycles. The van der Waals surface area contributed by atoms with Crippen LogP contribution in [0, 0.1) is 0 Å². The van der Waals surface area contributed by atoms with Crippen molar-refractivity contribution in [3.05, 3.63) is 53.1 Å². The zero-order valence-corrected chi connectivity index (χ0v) is 17.2. The molecule has 1 aliphatic rings. The number of nitrogens with zero attached hydrogens (tertiary/aromatic N) is 1. The molecule has 7 heteroatoms. The van der Waals surface area contributed by atoms with E-state index in [1.54, 1.807) is 17.0 Å². The number of carbonyl (C=O) groups excluding carboxylic acids is 1. The molecule has 0 saturated carbocycles. The normalized spacial score (nSPS) is 13.8. The first-order valence-corrected chi connectivity index (χ1v) is 11.2. The van der Waals surface area contributed by atoms with Crippen LogP contribution >= 0.6 is 0 Å². The van der Waals surface area contributed by atoms with Crippen molar-refractivity contribution in [2.24, 2.45) is 0 Å². The van der Waals surface area contributed by atoms with Crippen molar-refractivity contribution in [2.75, 3.05) is 26.0 Å². The van der Waals surface area contributed by atoms with Crippen molar-refractivity contribution in [1.82, 2.24) is 4.90 Å². The highest BCUT2D eigenvalue weighted by molar-refractivity contribution is 7.90. The van der Waals surface area contributed by atoms with Crippen LogP contribution < -0.4 is 9.47 Å². The summed E-state index contributed by atoms with van der Waals surface area (Å²) in [6, 6.07) is 10.0. The largest absolute Gasteiger partial charge is 0.490 e. The number of rotatable bonds is 6. The summed E-state index contributed by atoms with van der Waals surface area (Å²) < 4.78 is 34.6. The van der Waals surface area contributed by atoms with Crippen molar-refractivity contribution in [1.29, 1.82) is 0 Å². The van der Waals surface area contributed by atoms with Crippen LogP contribution in [-0.2, 0) is 22.8 Å². The Bertz CT molecular complexity index is 967. The maximum atomic E-state index is 12.9. The molecule has 3 rings (SSSR count). The Morgan fingerprint density at radius 3 is 2.11 bits per heavy atom. The lowest BCUT2D eigenvalue weighted by Crippen LogP contribution is -2.36. The maximum Gasteiger partial charge on any atom is 0.254 e. The van der Waals surface area contributed by atoms with Crippen LogP contribution in [0.3, 0.4) is 0 Å². The van der Waals surface area contributed by atoms with Gasteiger partial charge in [-0.3, -0.25) is 4.79 Å². The zero-order valence-electron chi connectivity index (χ0n) is 16.4. The SMILES string of the molecule is CCOc1cc2c(cc1OCC)CN(C(=O)c1ccc(S(C)(=O)=O)cc1)CC2. The van der Waals surface area contributed by atoms with Gasteiger partial charge in [0.2, 0.25) is 0 Å². The molecule has 0 N–H and O–H groups in total. The van der Waals surface area contributed by atoms with Gasteiger partial charge in [0.25, 0.3) is 5.91 Å². The highest BCUT2D eigenvalue weighted by atomic mass is 32.2. The third kappa shape index (κ3) is 4.30. The predicted molar refractivity (Wildman–Crippen MR) is 107 cm³/mol. The lowest BCUT2D eigenvalue weighted by atomic mass is 9.98. The van der Waals surface area contributed by atoms with E-state index in [2.05, 4.69) is 0 Å². The Morgan fingerprint density at radius 1 is 1.00 bits per heavy atom. The van der Waals surface area contributed by atoms with E-state index in [9.17, 15) is 13.2 Å². The van der Waals surface area contributed by atoms with Crippen molar-refractivity contribution >= 4 is 15.7 Å². The Labute approximate surface area is 166 Å². The molecule has 1 heterocycles. The first kappa shape index (κ1) is 20.2. The average Bonchev–Trinajstić information content (AvgIpc) is 2.67. The van der Waals surface area contributed by atoms with Crippen LogP contribution in [0.1, 0.15) is 35.3 Å². The van der Waals surface area contributed by atoms with E-state index in [0.29, 0.717) is 37.6 Å². The van der Waals surface area contributed by atoms with Crippen molar-refractivity contribution in [3.63, 3.8) is 0 Å². The highest BCUT2D eigenvalue weighted by Crippen LogP contribution is 2.34. The first-order chi connectivity index (χ1) is 13.3. The maximum absolute atomic E-state index is 12.9. The van der Waals surface area contributed by atoms with Crippen molar-refractivity contribution in [3.8, 4) is 11.5 Å². The molecule has 0 unspecified atom stereocenters. The molecule has 150 valence electrons. The van der Waals surface area contributed by atoms with Gasteiger partial charge in [-0.2, -0.15) is 0 Å². The average molecular weight is 404 g/mol. The summed E-state index contributed by atoms with van der Waals surface area (Å²) in [7, 11) is -3.28. The second-order valence-corrected chi connectivity index (χ2v) is 8.72. The third-order valence-corrected chi connectivity index (χ3v) is 5.82. The molecular weight excluding hydrogens is 378 g/mol. The molecule has 0 radical (unpaired) electrons. The molecule has 0 aromatic heterocycles. The number of benzene rings is 2. The quantitative estimate of drug-likeness (QED) is 0.741. The number of fused-ring (bicyclic) bond motifs is 1. The van der Waals surface area contributed by atoms with Gasteiger partial charge in [0, 0.05) is 24.9 Å². The van der Waals surface area contributed by atoms with Crippen LogP contribution in [-0.4, -0.2) is 45.2 Å². The number of sulfone groups is 1. The topological polar surface area (TPSA) is 72.9 Å². The molecule has 0 saturated heterocycles. The summed E-state index contributed by atoms with van der Waals surface area (Å²) in [6.45, 7) is 6.03. The first-order valence-electron chi connectivity index (χ1n) is 9.34. The lowest BCUT2D eigenvalue weighted by molar-refractivity contribution is 0.0734. The van der Waals surface area contributed by atoms with Crippen LogP contribution in [0.2, 0.25) is 0 Å². The number of hydrogen-bond donors (Lipinski definition) is 0. The summed E-state index contributed by atoms with van der Waals surface area (Å²) in [4.78, 5) is 14.8. The minimum Gasteiger partial charge on any atom is -0.490 e. The Kier molecular flexibility index (Phi) is 5.93. The fraction of sp³-hybridized carbons (Fsp3) is 0.381. The van der Waals surface area contributed by atoms with Crippen molar-refractivity contribution < 1.29 is 22.7 Å². The smallest absolute Gasteiger partial charge is 0.254 e. The van der Waals surface area contributed by atoms with Gasteiger partial charge in [0.05, 0.1) is 18.1 Å². The highest BCUT2D eigenvalue weighted by Gasteiger charge is 2.24. The summed E-state index contributed by atoms with van der Waals surface area (Å²) in [5.41, 5.74) is 2.68. The second-order valence-electron chi connectivity index (χ2n) is 6.71. The van der Waals surface area contributed by atoms with Crippen LogP contribution in [0.15, 0.2) is 41.3 Å². The molecule has 28 heavy (non-hydrogen) atoms. The fourth-order valence-electron chi connectivity index (χ4n) is 3.30. The molecule has 0 spiro atoms. The molecule has 2 aromatic rings. The summed E-state index contributed by atoms with van der Waals surface area (Å²) >= 11 is 0. The molecule has 6 nitrogen and oxygen atoms in total. The molecular formula is C21H25NO5S. The van der Waals surface area contributed by atoms with Gasteiger partial charge in [0.1, 0.15) is 0 Å². The molecule has 1 amide bonds. The van der Waals surface area contributed by atoms with E-state index in [4.69, 9.17) is 9.47 Å². The number of amides is 1. The van der Waals surface area contributed by atoms with Gasteiger partial charge in [-0.05, 0) is 67.8 Å². The van der Waals surface area contributed by atoms with Crippen LogP contribution in [0.5, 0.6) is 11.5 Å². The lowest BCUT2D eigenvalue weighted by Gasteiger charge is -2.30. The van der Waals surface area contributed by atoms with Gasteiger partial charge in [-0.15, -0.1) is 0 Å². The van der Waals surface area contributed by atoms with Gasteiger partial charge in [-0.25, -0.2) is 8.42 Å².